The summed E-state index contributed by atoms with van der Waals surface area (Å²) in [5, 5.41) is 0.758. The minimum atomic E-state index is -0.157. The number of fused-ring (bicyclic) bond motifs is 1. The Morgan fingerprint density at radius 1 is 1.11 bits per heavy atom. The summed E-state index contributed by atoms with van der Waals surface area (Å²) in [6, 6.07) is 12.8. The summed E-state index contributed by atoms with van der Waals surface area (Å²) in [4.78, 5) is 7.27. The van der Waals surface area contributed by atoms with Crippen LogP contribution in [0.2, 0.25) is 5.02 Å². The Kier molecular flexibility index (Phi) is 5.46. The van der Waals surface area contributed by atoms with E-state index in [4.69, 9.17) is 16.6 Å². The molecule has 5 heteroatoms. The zero-order chi connectivity index (χ0) is 18.8. The molecule has 2 heterocycles. The van der Waals surface area contributed by atoms with Crippen LogP contribution in [0.3, 0.4) is 0 Å². The van der Waals surface area contributed by atoms with Crippen LogP contribution in [0.1, 0.15) is 30.7 Å². The number of para-hydroxylation sites is 1. The molecule has 3 aromatic rings. The fourth-order valence-corrected chi connectivity index (χ4v) is 4.36. The van der Waals surface area contributed by atoms with Gasteiger partial charge in [-0.25, -0.2) is 9.37 Å². The topological polar surface area (TPSA) is 21.1 Å². The van der Waals surface area contributed by atoms with Gasteiger partial charge in [0.1, 0.15) is 11.6 Å². The summed E-state index contributed by atoms with van der Waals surface area (Å²) in [5.74, 6) is 1.67. The summed E-state index contributed by atoms with van der Waals surface area (Å²) >= 11 is 6.34. The summed E-state index contributed by atoms with van der Waals surface area (Å²) < 4.78 is 15.1. The first kappa shape index (κ1) is 18.5. The van der Waals surface area contributed by atoms with Crippen molar-refractivity contribution in [1.29, 1.82) is 0 Å². The Labute approximate surface area is 164 Å². The molecule has 1 aliphatic rings. The molecule has 1 saturated heterocycles. The third-order valence-electron chi connectivity index (χ3n) is 5.76. The van der Waals surface area contributed by atoms with Gasteiger partial charge in [-0.05, 0) is 74.5 Å². The zero-order valence-electron chi connectivity index (χ0n) is 15.7. The zero-order valence-corrected chi connectivity index (χ0v) is 16.4. The predicted octanol–water partition coefficient (Wildman–Crippen LogP) is 5.21. The molecule has 0 radical (unpaired) electrons. The van der Waals surface area contributed by atoms with E-state index in [0.29, 0.717) is 0 Å². The molecule has 1 fully saturated rings. The van der Waals surface area contributed by atoms with Gasteiger partial charge < -0.3 is 4.57 Å². The van der Waals surface area contributed by atoms with E-state index in [1.54, 1.807) is 12.1 Å². The highest BCUT2D eigenvalue weighted by Gasteiger charge is 2.21. The molecule has 0 N–H and O–H groups in total. The van der Waals surface area contributed by atoms with E-state index < -0.39 is 0 Å². The number of benzene rings is 2. The lowest BCUT2D eigenvalue weighted by Gasteiger charge is -2.31. The van der Waals surface area contributed by atoms with Crippen molar-refractivity contribution >= 4 is 22.6 Å². The second kappa shape index (κ2) is 7.99. The second-order valence-electron chi connectivity index (χ2n) is 7.58. The molecular formula is C22H25ClFN3. The fraction of sp³-hybridized carbons (Fsp3) is 0.409. The Balaban J connectivity index is 1.31. The molecule has 0 spiro atoms. The van der Waals surface area contributed by atoms with E-state index in [-0.39, 0.29) is 5.82 Å². The lowest BCUT2D eigenvalue weighted by molar-refractivity contribution is 0.168. The van der Waals surface area contributed by atoms with E-state index in [0.717, 1.165) is 53.9 Å². The standard InChI is InChI=1S/C22H25ClFN3/c1-26-21(25-20-4-2-3-19(23)22(20)26)15-27-13-11-17(12-14-27)6-5-16-7-9-18(24)10-8-16/h2-4,7-10,17H,5-6,11-15H2,1H3. The molecule has 0 atom stereocenters. The molecule has 0 unspecified atom stereocenters. The van der Waals surface area contributed by atoms with Crippen molar-refractivity contribution in [3.05, 3.63) is 64.7 Å². The Morgan fingerprint density at radius 2 is 1.85 bits per heavy atom. The van der Waals surface area contributed by atoms with Gasteiger partial charge in [-0.1, -0.05) is 29.8 Å². The number of nitrogens with zero attached hydrogens (tertiary/aromatic N) is 3. The summed E-state index contributed by atoms with van der Waals surface area (Å²) in [6.07, 6.45) is 4.65. The van der Waals surface area contributed by atoms with Gasteiger partial charge in [-0.2, -0.15) is 0 Å². The molecule has 1 aliphatic heterocycles. The highest BCUT2D eigenvalue weighted by molar-refractivity contribution is 6.35. The van der Waals surface area contributed by atoms with Gasteiger partial charge in [0.15, 0.2) is 0 Å². The van der Waals surface area contributed by atoms with Crippen LogP contribution in [0.5, 0.6) is 0 Å². The van der Waals surface area contributed by atoms with Crippen molar-refractivity contribution in [1.82, 2.24) is 14.5 Å². The third-order valence-corrected chi connectivity index (χ3v) is 6.07. The summed E-state index contributed by atoms with van der Waals surface area (Å²) in [6.45, 7) is 3.07. The highest BCUT2D eigenvalue weighted by atomic mass is 35.5. The Bertz CT molecular complexity index is 911. The normalized spacial score (nSPS) is 16.3. The van der Waals surface area contributed by atoms with Gasteiger partial charge in [0, 0.05) is 7.05 Å². The third kappa shape index (κ3) is 4.17. The van der Waals surface area contributed by atoms with Crippen molar-refractivity contribution in [3.8, 4) is 0 Å². The number of hydrogen-bond donors (Lipinski definition) is 0. The number of likely N-dealkylation sites (tertiary alicyclic amines) is 1. The SMILES string of the molecule is Cn1c(CN2CCC(CCc3ccc(F)cc3)CC2)nc2cccc(Cl)c21. The summed E-state index contributed by atoms with van der Waals surface area (Å²) in [5.41, 5.74) is 3.22. The number of piperidine rings is 1. The van der Waals surface area contributed by atoms with Gasteiger partial charge in [-0.15, -0.1) is 0 Å². The lowest BCUT2D eigenvalue weighted by Crippen LogP contribution is -2.34. The van der Waals surface area contributed by atoms with E-state index in [2.05, 4.69) is 9.47 Å². The average molecular weight is 386 g/mol. The van der Waals surface area contributed by atoms with Crippen molar-refractivity contribution in [2.45, 2.75) is 32.2 Å². The van der Waals surface area contributed by atoms with E-state index in [9.17, 15) is 4.39 Å². The van der Waals surface area contributed by atoms with Crippen molar-refractivity contribution in [2.24, 2.45) is 13.0 Å². The van der Waals surface area contributed by atoms with E-state index in [1.807, 2.05) is 37.4 Å². The molecule has 142 valence electrons. The number of aromatic nitrogens is 2. The van der Waals surface area contributed by atoms with Crippen LogP contribution in [0.25, 0.3) is 11.0 Å². The maximum absolute atomic E-state index is 13.0. The Morgan fingerprint density at radius 3 is 2.56 bits per heavy atom. The molecule has 0 bridgehead atoms. The Hall–Kier alpha value is -1.91. The highest BCUT2D eigenvalue weighted by Crippen LogP contribution is 2.26. The minimum Gasteiger partial charge on any atom is -0.329 e. The molecular weight excluding hydrogens is 361 g/mol. The van der Waals surface area contributed by atoms with Crippen LogP contribution in [0, 0.1) is 11.7 Å². The minimum absolute atomic E-state index is 0.157. The van der Waals surface area contributed by atoms with Gasteiger partial charge in [0.25, 0.3) is 0 Å². The predicted molar refractivity (Wildman–Crippen MR) is 108 cm³/mol. The average Bonchev–Trinajstić information content (AvgIpc) is 2.99. The van der Waals surface area contributed by atoms with Crippen LogP contribution in [-0.4, -0.2) is 27.5 Å². The summed E-state index contributed by atoms with van der Waals surface area (Å²) in [7, 11) is 2.05. The van der Waals surface area contributed by atoms with Gasteiger partial charge in [0.2, 0.25) is 0 Å². The van der Waals surface area contributed by atoms with Crippen molar-refractivity contribution < 1.29 is 4.39 Å². The number of hydrogen-bond acceptors (Lipinski definition) is 2. The quantitative estimate of drug-likeness (QED) is 0.601. The van der Waals surface area contributed by atoms with Crippen LogP contribution in [0.15, 0.2) is 42.5 Å². The first-order chi connectivity index (χ1) is 13.1. The van der Waals surface area contributed by atoms with Crippen molar-refractivity contribution in [2.75, 3.05) is 13.1 Å². The molecule has 0 aliphatic carbocycles. The monoisotopic (exact) mass is 385 g/mol. The molecule has 3 nitrogen and oxygen atoms in total. The second-order valence-corrected chi connectivity index (χ2v) is 7.99. The molecule has 0 saturated carbocycles. The van der Waals surface area contributed by atoms with Crippen LogP contribution in [-0.2, 0) is 20.0 Å². The first-order valence-corrected chi connectivity index (χ1v) is 10.0. The van der Waals surface area contributed by atoms with Crippen LogP contribution >= 0.6 is 11.6 Å². The van der Waals surface area contributed by atoms with Gasteiger partial charge in [0.05, 0.1) is 22.6 Å². The number of imidazole rings is 1. The van der Waals surface area contributed by atoms with E-state index >= 15 is 0 Å². The van der Waals surface area contributed by atoms with Crippen LogP contribution in [0.4, 0.5) is 4.39 Å². The van der Waals surface area contributed by atoms with Crippen molar-refractivity contribution in [3.63, 3.8) is 0 Å². The van der Waals surface area contributed by atoms with Gasteiger partial charge in [-0.3, -0.25) is 4.90 Å². The largest absolute Gasteiger partial charge is 0.329 e. The van der Waals surface area contributed by atoms with Gasteiger partial charge >= 0.3 is 0 Å². The van der Waals surface area contributed by atoms with E-state index in [1.165, 1.54) is 24.8 Å². The molecule has 0 amide bonds. The maximum atomic E-state index is 13.0. The molecule has 4 rings (SSSR count). The molecule has 27 heavy (non-hydrogen) atoms. The molecule has 2 aromatic carbocycles. The number of halogens is 2. The smallest absolute Gasteiger partial charge is 0.123 e. The lowest BCUT2D eigenvalue weighted by atomic mass is 9.90. The maximum Gasteiger partial charge on any atom is 0.123 e. The number of aryl methyl sites for hydroxylation is 2. The fourth-order valence-electron chi connectivity index (χ4n) is 4.07. The molecule has 1 aromatic heterocycles. The van der Waals surface area contributed by atoms with Crippen LogP contribution < -0.4 is 0 Å². The first-order valence-electron chi connectivity index (χ1n) is 9.67. The number of rotatable bonds is 5.